The Morgan fingerprint density at radius 2 is 2.05 bits per heavy atom. The van der Waals surface area contributed by atoms with Gasteiger partial charge in [-0.05, 0) is 43.4 Å². The zero-order valence-corrected chi connectivity index (χ0v) is 11.2. The molecule has 0 bridgehead atoms. The van der Waals surface area contributed by atoms with Crippen LogP contribution in [0.4, 0.5) is 14.5 Å². The standard InChI is InChI=1S/C15H18F2N2O/c16-12-6-9-4-5-19(14(9)7-13(12)17)15(20)11-3-1-2-10(11)8-18/h6-7,10-11H,1-5,8,18H2/t10-,11-/m1/s1. The molecule has 108 valence electrons. The van der Waals surface area contributed by atoms with E-state index in [1.165, 1.54) is 6.07 Å². The summed E-state index contributed by atoms with van der Waals surface area (Å²) in [5.74, 6) is -1.58. The lowest BCUT2D eigenvalue weighted by atomic mass is 9.94. The molecule has 3 nitrogen and oxygen atoms in total. The minimum Gasteiger partial charge on any atom is -0.330 e. The maximum atomic E-state index is 13.4. The summed E-state index contributed by atoms with van der Waals surface area (Å²) < 4.78 is 26.6. The summed E-state index contributed by atoms with van der Waals surface area (Å²) in [5.41, 5.74) is 6.95. The summed E-state index contributed by atoms with van der Waals surface area (Å²) in [5, 5.41) is 0. The van der Waals surface area contributed by atoms with Crippen molar-refractivity contribution in [1.29, 1.82) is 0 Å². The Hall–Kier alpha value is -1.49. The van der Waals surface area contributed by atoms with Crippen LogP contribution in [-0.4, -0.2) is 19.0 Å². The van der Waals surface area contributed by atoms with Crippen molar-refractivity contribution in [2.24, 2.45) is 17.6 Å². The predicted octanol–water partition coefficient (Wildman–Crippen LogP) is 2.23. The van der Waals surface area contributed by atoms with Crippen molar-refractivity contribution in [2.45, 2.75) is 25.7 Å². The quantitative estimate of drug-likeness (QED) is 0.903. The molecule has 20 heavy (non-hydrogen) atoms. The molecule has 0 saturated heterocycles. The first-order chi connectivity index (χ1) is 9.61. The molecule has 3 rings (SSSR count). The van der Waals surface area contributed by atoms with Crippen LogP contribution < -0.4 is 10.6 Å². The highest BCUT2D eigenvalue weighted by molar-refractivity contribution is 5.97. The van der Waals surface area contributed by atoms with Crippen LogP contribution in [-0.2, 0) is 11.2 Å². The molecule has 1 aromatic rings. The molecule has 0 spiro atoms. The molecule has 1 aromatic carbocycles. The summed E-state index contributed by atoms with van der Waals surface area (Å²) in [4.78, 5) is 14.2. The van der Waals surface area contributed by atoms with Crippen LogP contribution in [0.1, 0.15) is 24.8 Å². The first-order valence-electron chi connectivity index (χ1n) is 7.11. The van der Waals surface area contributed by atoms with Crippen molar-refractivity contribution in [3.8, 4) is 0 Å². The zero-order chi connectivity index (χ0) is 14.3. The summed E-state index contributed by atoms with van der Waals surface area (Å²) in [6, 6.07) is 2.34. The van der Waals surface area contributed by atoms with Crippen molar-refractivity contribution in [2.75, 3.05) is 18.0 Å². The SMILES string of the molecule is NC[C@H]1CCC[C@H]1C(=O)N1CCc2cc(F)c(F)cc21. The van der Waals surface area contributed by atoms with Crippen LogP contribution in [0.15, 0.2) is 12.1 Å². The summed E-state index contributed by atoms with van der Waals surface area (Å²) in [6.07, 6.45) is 3.41. The highest BCUT2D eigenvalue weighted by Gasteiger charge is 2.37. The monoisotopic (exact) mass is 280 g/mol. The number of benzene rings is 1. The van der Waals surface area contributed by atoms with Gasteiger partial charge in [-0.25, -0.2) is 8.78 Å². The number of hydrogen-bond donors (Lipinski definition) is 1. The van der Waals surface area contributed by atoms with Crippen LogP contribution in [0.25, 0.3) is 0 Å². The summed E-state index contributed by atoms with van der Waals surface area (Å²) >= 11 is 0. The molecule has 1 saturated carbocycles. The smallest absolute Gasteiger partial charge is 0.230 e. The lowest BCUT2D eigenvalue weighted by Gasteiger charge is -2.24. The molecule has 1 aliphatic carbocycles. The lowest BCUT2D eigenvalue weighted by molar-refractivity contribution is -0.123. The number of amides is 1. The molecular weight excluding hydrogens is 262 g/mol. The number of halogens is 2. The number of anilines is 1. The Kier molecular flexibility index (Phi) is 3.46. The Morgan fingerprint density at radius 1 is 1.30 bits per heavy atom. The van der Waals surface area contributed by atoms with E-state index in [1.54, 1.807) is 4.90 Å². The van der Waals surface area contributed by atoms with E-state index in [0.29, 0.717) is 30.8 Å². The average Bonchev–Trinajstić information content (AvgIpc) is 3.05. The molecule has 0 aromatic heterocycles. The van der Waals surface area contributed by atoms with Gasteiger partial charge in [-0.1, -0.05) is 6.42 Å². The molecule has 2 atom stereocenters. The Labute approximate surface area is 116 Å². The largest absolute Gasteiger partial charge is 0.330 e. The van der Waals surface area contributed by atoms with Gasteiger partial charge in [0.25, 0.3) is 0 Å². The van der Waals surface area contributed by atoms with E-state index >= 15 is 0 Å². The minimum absolute atomic E-state index is 0.0164. The third-order valence-electron chi connectivity index (χ3n) is 4.56. The number of hydrogen-bond acceptors (Lipinski definition) is 2. The number of carbonyl (C=O) groups excluding carboxylic acids is 1. The van der Waals surface area contributed by atoms with Gasteiger partial charge in [0, 0.05) is 18.5 Å². The van der Waals surface area contributed by atoms with Gasteiger partial charge < -0.3 is 10.6 Å². The molecule has 2 N–H and O–H groups in total. The van der Waals surface area contributed by atoms with Crippen molar-refractivity contribution < 1.29 is 13.6 Å². The Balaban J connectivity index is 1.87. The van der Waals surface area contributed by atoms with E-state index in [-0.39, 0.29) is 17.7 Å². The zero-order valence-electron chi connectivity index (χ0n) is 11.2. The maximum Gasteiger partial charge on any atom is 0.230 e. The van der Waals surface area contributed by atoms with Crippen LogP contribution in [0.3, 0.4) is 0 Å². The van der Waals surface area contributed by atoms with Crippen LogP contribution in [0, 0.1) is 23.5 Å². The maximum absolute atomic E-state index is 13.4. The molecule has 1 fully saturated rings. The van der Waals surface area contributed by atoms with E-state index in [2.05, 4.69) is 0 Å². The fourth-order valence-electron chi connectivity index (χ4n) is 3.45. The second-order valence-corrected chi connectivity index (χ2v) is 5.67. The molecule has 0 unspecified atom stereocenters. The second-order valence-electron chi connectivity index (χ2n) is 5.67. The van der Waals surface area contributed by atoms with Gasteiger partial charge in [-0.15, -0.1) is 0 Å². The van der Waals surface area contributed by atoms with Gasteiger partial charge in [0.1, 0.15) is 0 Å². The van der Waals surface area contributed by atoms with Gasteiger partial charge in [-0.3, -0.25) is 4.79 Å². The van der Waals surface area contributed by atoms with Crippen molar-refractivity contribution >= 4 is 11.6 Å². The number of fused-ring (bicyclic) bond motifs is 1. The van der Waals surface area contributed by atoms with Crippen LogP contribution >= 0.6 is 0 Å². The van der Waals surface area contributed by atoms with Crippen molar-refractivity contribution in [3.63, 3.8) is 0 Å². The van der Waals surface area contributed by atoms with E-state index in [9.17, 15) is 13.6 Å². The number of carbonyl (C=O) groups is 1. The molecule has 0 radical (unpaired) electrons. The normalized spacial score (nSPS) is 25.1. The lowest BCUT2D eigenvalue weighted by Crippen LogP contribution is -2.38. The van der Waals surface area contributed by atoms with E-state index < -0.39 is 11.6 Å². The summed E-state index contributed by atoms with van der Waals surface area (Å²) in [7, 11) is 0. The minimum atomic E-state index is -0.898. The van der Waals surface area contributed by atoms with Crippen LogP contribution in [0.2, 0.25) is 0 Å². The topological polar surface area (TPSA) is 46.3 Å². The number of nitrogens with zero attached hydrogens (tertiary/aromatic N) is 1. The first kappa shape index (κ1) is 13.5. The second kappa shape index (κ2) is 5.13. The number of rotatable bonds is 2. The predicted molar refractivity (Wildman–Crippen MR) is 72.3 cm³/mol. The highest BCUT2D eigenvalue weighted by atomic mass is 19.2. The fourth-order valence-corrected chi connectivity index (χ4v) is 3.45. The molecular formula is C15H18F2N2O. The third-order valence-corrected chi connectivity index (χ3v) is 4.56. The number of nitrogens with two attached hydrogens (primary N) is 1. The Bertz CT molecular complexity index is 547. The van der Waals surface area contributed by atoms with E-state index in [0.717, 1.165) is 25.3 Å². The van der Waals surface area contributed by atoms with Crippen LogP contribution in [0.5, 0.6) is 0 Å². The molecule has 1 heterocycles. The average molecular weight is 280 g/mol. The highest BCUT2D eigenvalue weighted by Crippen LogP contribution is 2.37. The van der Waals surface area contributed by atoms with Crippen molar-refractivity contribution in [1.82, 2.24) is 0 Å². The Morgan fingerprint density at radius 3 is 2.80 bits per heavy atom. The molecule has 1 aliphatic heterocycles. The van der Waals surface area contributed by atoms with Crippen molar-refractivity contribution in [3.05, 3.63) is 29.3 Å². The van der Waals surface area contributed by atoms with E-state index in [1.807, 2.05) is 0 Å². The summed E-state index contributed by atoms with van der Waals surface area (Å²) in [6.45, 7) is 1.01. The fraction of sp³-hybridized carbons (Fsp3) is 0.533. The van der Waals surface area contributed by atoms with Gasteiger partial charge >= 0.3 is 0 Å². The van der Waals surface area contributed by atoms with Gasteiger partial charge in [-0.2, -0.15) is 0 Å². The third kappa shape index (κ3) is 2.10. The molecule has 5 heteroatoms. The molecule has 1 amide bonds. The van der Waals surface area contributed by atoms with Gasteiger partial charge in [0.15, 0.2) is 11.6 Å². The van der Waals surface area contributed by atoms with Gasteiger partial charge in [0.2, 0.25) is 5.91 Å². The van der Waals surface area contributed by atoms with E-state index in [4.69, 9.17) is 5.73 Å². The molecule has 2 aliphatic rings. The first-order valence-corrected chi connectivity index (χ1v) is 7.11. The van der Waals surface area contributed by atoms with Gasteiger partial charge in [0.05, 0.1) is 5.69 Å².